The zero-order valence-electron chi connectivity index (χ0n) is 7.92. The summed E-state index contributed by atoms with van der Waals surface area (Å²) < 4.78 is 0. The highest BCUT2D eigenvalue weighted by molar-refractivity contribution is 5.94. The van der Waals surface area contributed by atoms with Gasteiger partial charge in [-0.25, -0.2) is 0 Å². The Bertz CT molecular complexity index is 324. The maximum Gasteiger partial charge on any atom is 0.159 e. The van der Waals surface area contributed by atoms with Crippen molar-refractivity contribution in [3.8, 4) is 0 Å². The average molecular weight is 174 g/mol. The molecule has 0 amide bonds. The summed E-state index contributed by atoms with van der Waals surface area (Å²) in [4.78, 5) is 11.1. The van der Waals surface area contributed by atoms with Gasteiger partial charge < -0.3 is 0 Å². The fraction of sp³-hybridized carbons (Fsp3) is 0.417. The highest BCUT2D eigenvalue weighted by Crippen LogP contribution is 2.36. The van der Waals surface area contributed by atoms with Crippen LogP contribution in [-0.4, -0.2) is 5.78 Å². The topological polar surface area (TPSA) is 17.1 Å². The van der Waals surface area contributed by atoms with Crippen LogP contribution in [0, 0.1) is 0 Å². The van der Waals surface area contributed by atoms with E-state index in [2.05, 4.69) is 6.07 Å². The Hall–Kier alpha value is -1.11. The second-order valence-corrected chi connectivity index (χ2v) is 3.81. The molecule has 0 radical (unpaired) electrons. The number of hydrogen-bond donors (Lipinski definition) is 0. The van der Waals surface area contributed by atoms with E-state index in [0.29, 0.717) is 0 Å². The molecule has 0 spiro atoms. The smallest absolute Gasteiger partial charge is 0.159 e. The number of ketones is 1. The molecule has 1 aliphatic rings. The molecule has 0 heterocycles. The molecule has 1 heteroatoms. The van der Waals surface area contributed by atoms with Crippen molar-refractivity contribution >= 4 is 5.78 Å². The van der Waals surface area contributed by atoms with E-state index in [4.69, 9.17) is 0 Å². The van der Waals surface area contributed by atoms with E-state index in [1.54, 1.807) is 6.92 Å². The molecule has 0 aromatic heterocycles. The molecule has 68 valence electrons. The van der Waals surface area contributed by atoms with Gasteiger partial charge in [-0.1, -0.05) is 24.6 Å². The predicted octanol–water partition coefficient (Wildman–Crippen LogP) is 3.16. The summed E-state index contributed by atoms with van der Waals surface area (Å²) >= 11 is 0. The van der Waals surface area contributed by atoms with Gasteiger partial charge in [0.25, 0.3) is 0 Å². The predicted molar refractivity (Wildman–Crippen MR) is 53.0 cm³/mol. The summed E-state index contributed by atoms with van der Waals surface area (Å²) in [5.74, 6) is 0.889. The van der Waals surface area contributed by atoms with Gasteiger partial charge in [0.05, 0.1) is 0 Å². The summed E-state index contributed by atoms with van der Waals surface area (Å²) in [6, 6.07) is 8.07. The van der Waals surface area contributed by atoms with Gasteiger partial charge in [0.15, 0.2) is 5.78 Å². The third-order valence-electron chi connectivity index (χ3n) is 2.87. The van der Waals surface area contributed by atoms with Crippen molar-refractivity contribution in [3.05, 3.63) is 35.4 Å². The quantitative estimate of drug-likeness (QED) is 0.629. The van der Waals surface area contributed by atoms with Crippen LogP contribution in [0.4, 0.5) is 0 Å². The first-order valence-corrected chi connectivity index (χ1v) is 4.88. The van der Waals surface area contributed by atoms with E-state index in [0.717, 1.165) is 11.5 Å². The molecule has 0 aliphatic heterocycles. The van der Waals surface area contributed by atoms with E-state index in [-0.39, 0.29) is 5.78 Å². The lowest BCUT2D eigenvalue weighted by Gasteiger charge is -2.25. The van der Waals surface area contributed by atoms with E-state index >= 15 is 0 Å². The van der Waals surface area contributed by atoms with E-state index in [1.165, 1.54) is 24.8 Å². The van der Waals surface area contributed by atoms with Gasteiger partial charge in [0.2, 0.25) is 0 Å². The summed E-state index contributed by atoms with van der Waals surface area (Å²) in [6.07, 6.45) is 3.93. The minimum atomic E-state index is 0.168. The number of rotatable bonds is 2. The third-order valence-corrected chi connectivity index (χ3v) is 2.87. The van der Waals surface area contributed by atoms with Crippen LogP contribution in [0.15, 0.2) is 24.3 Å². The minimum absolute atomic E-state index is 0.168. The second kappa shape index (κ2) is 3.33. The van der Waals surface area contributed by atoms with Crippen LogP contribution in [0.2, 0.25) is 0 Å². The Labute approximate surface area is 78.8 Å². The minimum Gasteiger partial charge on any atom is -0.295 e. The van der Waals surface area contributed by atoms with Crippen molar-refractivity contribution < 1.29 is 4.79 Å². The summed E-state index contributed by atoms with van der Waals surface area (Å²) in [7, 11) is 0. The average Bonchev–Trinajstić information content (AvgIpc) is 2.01. The van der Waals surface area contributed by atoms with Crippen LogP contribution >= 0.6 is 0 Å². The van der Waals surface area contributed by atoms with Crippen LogP contribution in [0.5, 0.6) is 0 Å². The van der Waals surface area contributed by atoms with E-state index in [1.807, 2.05) is 18.2 Å². The molecule has 1 nitrogen and oxygen atoms in total. The first-order valence-electron chi connectivity index (χ1n) is 4.88. The first kappa shape index (κ1) is 8.49. The monoisotopic (exact) mass is 174 g/mol. The van der Waals surface area contributed by atoms with Crippen molar-refractivity contribution in [1.29, 1.82) is 0 Å². The Morgan fingerprint density at radius 3 is 2.69 bits per heavy atom. The molecule has 1 aromatic carbocycles. The summed E-state index contributed by atoms with van der Waals surface area (Å²) in [5, 5.41) is 0. The Morgan fingerprint density at radius 2 is 2.15 bits per heavy atom. The van der Waals surface area contributed by atoms with Gasteiger partial charge >= 0.3 is 0 Å². The molecule has 1 aliphatic carbocycles. The van der Waals surface area contributed by atoms with Crippen LogP contribution in [0.1, 0.15) is 48.0 Å². The number of carbonyl (C=O) groups is 1. The molecule has 1 saturated carbocycles. The highest BCUT2D eigenvalue weighted by atomic mass is 16.1. The lowest BCUT2D eigenvalue weighted by molar-refractivity contribution is 0.101. The van der Waals surface area contributed by atoms with Gasteiger partial charge in [-0.3, -0.25) is 4.79 Å². The van der Waals surface area contributed by atoms with Crippen molar-refractivity contribution in [2.24, 2.45) is 0 Å². The van der Waals surface area contributed by atoms with Gasteiger partial charge in [0, 0.05) is 5.56 Å². The zero-order valence-corrected chi connectivity index (χ0v) is 7.92. The van der Waals surface area contributed by atoms with Crippen LogP contribution in [0.25, 0.3) is 0 Å². The molecule has 1 aromatic rings. The molecule has 0 unspecified atom stereocenters. The first-order chi connectivity index (χ1) is 6.27. The van der Waals surface area contributed by atoms with Crippen LogP contribution < -0.4 is 0 Å². The molecule has 1 fully saturated rings. The molecule has 13 heavy (non-hydrogen) atoms. The largest absolute Gasteiger partial charge is 0.295 e. The standard InChI is InChI=1S/C12H14O/c1-9(13)11-6-3-7-12(8-11)10-4-2-5-10/h3,6-8,10H,2,4-5H2,1H3. The number of Topliss-reactive ketones (excluding diaryl/α,β-unsaturated/α-hetero) is 1. The SMILES string of the molecule is CC(=O)c1cccc(C2CCC2)c1. The molecule has 0 N–H and O–H groups in total. The van der Waals surface area contributed by atoms with Crippen molar-refractivity contribution in [1.82, 2.24) is 0 Å². The van der Waals surface area contributed by atoms with Crippen molar-refractivity contribution in [2.75, 3.05) is 0 Å². The number of hydrogen-bond acceptors (Lipinski definition) is 1. The fourth-order valence-corrected chi connectivity index (χ4v) is 1.75. The molecule has 0 saturated heterocycles. The molecule has 2 rings (SSSR count). The Morgan fingerprint density at radius 1 is 1.38 bits per heavy atom. The van der Waals surface area contributed by atoms with E-state index in [9.17, 15) is 4.79 Å². The molecular formula is C12H14O. The van der Waals surface area contributed by atoms with Gasteiger partial charge in [-0.15, -0.1) is 0 Å². The van der Waals surface area contributed by atoms with Gasteiger partial charge in [0.1, 0.15) is 0 Å². The lowest BCUT2D eigenvalue weighted by atomic mass is 9.79. The summed E-state index contributed by atoms with van der Waals surface area (Å²) in [5.41, 5.74) is 2.20. The fourth-order valence-electron chi connectivity index (χ4n) is 1.75. The third kappa shape index (κ3) is 1.64. The zero-order chi connectivity index (χ0) is 9.26. The van der Waals surface area contributed by atoms with Crippen LogP contribution in [-0.2, 0) is 0 Å². The van der Waals surface area contributed by atoms with E-state index < -0.39 is 0 Å². The maximum absolute atomic E-state index is 11.1. The maximum atomic E-state index is 11.1. The highest BCUT2D eigenvalue weighted by Gasteiger charge is 2.19. The molecule has 0 bridgehead atoms. The molecular weight excluding hydrogens is 160 g/mol. The number of carbonyl (C=O) groups excluding carboxylic acids is 1. The summed E-state index contributed by atoms with van der Waals surface area (Å²) in [6.45, 7) is 1.62. The Balaban J connectivity index is 2.26. The van der Waals surface area contributed by atoms with Crippen LogP contribution in [0.3, 0.4) is 0 Å². The van der Waals surface area contributed by atoms with Gasteiger partial charge in [-0.2, -0.15) is 0 Å². The number of benzene rings is 1. The normalized spacial score (nSPS) is 16.7. The van der Waals surface area contributed by atoms with Crippen molar-refractivity contribution in [2.45, 2.75) is 32.1 Å². The van der Waals surface area contributed by atoms with Gasteiger partial charge in [-0.05, 0) is 37.3 Å². The molecule has 0 atom stereocenters. The second-order valence-electron chi connectivity index (χ2n) is 3.81. The Kier molecular flexibility index (Phi) is 2.17. The lowest BCUT2D eigenvalue weighted by Crippen LogP contribution is -2.09. The van der Waals surface area contributed by atoms with Crippen molar-refractivity contribution in [3.63, 3.8) is 0 Å².